The Labute approximate surface area is 219 Å². The summed E-state index contributed by atoms with van der Waals surface area (Å²) in [5, 5.41) is 7.03. The van der Waals surface area contributed by atoms with E-state index < -0.39 is 0 Å². The van der Waals surface area contributed by atoms with Gasteiger partial charge in [0, 0.05) is 42.0 Å². The first-order valence-electron chi connectivity index (χ1n) is 12.1. The predicted octanol–water partition coefficient (Wildman–Crippen LogP) is 4.57. The molecule has 0 bridgehead atoms. The van der Waals surface area contributed by atoms with Crippen LogP contribution in [-0.4, -0.2) is 66.2 Å². The number of hydrogen-bond donors (Lipinski definition) is 3. The molecule has 4 heterocycles. The molecule has 1 aromatic carbocycles. The zero-order chi connectivity index (χ0) is 25.7. The highest BCUT2D eigenvalue weighted by Crippen LogP contribution is 2.50. The highest BCUT2D eigenvalue weighted by Gasteiger charge is 2.48. The Morgan fingerprint density at radius 3 is 2.89 bits per heavy atom. The van der Waals surface area contributed by atoms with Crippen LogP contribution < -0.4 is 20.1 Å². The van der Waals surface area contributed by atoms with Gasteiger partial charge >= 0.3 is 0 Å². The number of nitrogens with zero attached hydrogens (tertiary/aromatic N) is 3. The fraction of sp³-hybridized carbons (Fsp3) is 0.296. The third kappa shape index (κ3) is 4.24. The van der Waals surface area contributed by atoms with Crippen LogP contribution in [0.1, 0.15) is 28.4 Å². The molecular formula is C27H27ClN6O3. The molecule has 190 valence electrons. The molecule has 2 atom stereocenters. The summed E-state index contributed by atoms with van der Waals surface area (Å²) in [4.78, 5) is 28.1. The normalized spacial score (nSPS) is 17.8. The van der Waals surface area contributed by atoms with Crippen LogP contribution in [0.3, 0.4) is 0 Å². The minimum atomic E-state index is -0.112. The summed E-state index contributed by atoms with van der Waals surface area (Å²) in [6.45, 7) is 1.29. The number of para-hydroxylation sites is 1. The number of carbonyl (C=O) groups excluding carboxylic acids is 1. The second-order valence-corrected chi connectivity index (χ2v) is 9.97. The van der Waals surface area contributed by atoms with E-state index >= 15 is 0 Å². The molecule has 0 saturated heterocycles. The number of hydrogen-bond acceptors (Lipinski definition) is 7. The average molecular weight is 519 g/mol. The van der Waals surface area contributed by atoms with Gasteiger partial charge in [0.1, 0.15) is 12.1 Å². The smallest absolute Gasteiger partial charge is 0.255 e. The van der Waals surface area contributed by atoms with Crippen LogP contribution >= 0.6 is 11.6 Å². The molecule has 10 heteroatoms. The molecule has 1 fully saturated rings. The lowest BCUT2D eigenvalue weighted by molar-refractivity contribution is 0.0944. The van der Waals surface area contributed by atoms with Gasteiger partial charge in [0.15, 0.2) is 5.75 Å². The maximum atomic E-state index is 13.2. The van der Waals surface area contributed by atoms with E-state index in [4.69, 9.17) is 26.1 Å². The Hall–Kier alpha value is -3.82. The molecule has 37 heavy (non-hydrogen) atoms. The standard InChI is InChI=1S/C27H27ClN6O3/c1-34(2)11-12-37-20-8-7-17-22(32-20)14(9-10-29-17)24-25(30-18-6-4-5-16(28)26(18)36-3)21-23(33-24)15-13-19(15)31-27(21)35/h4-10,15,19,30,33H,11-13H2,1-3H3,(H,31,35). The van der Waals surface area contributed by atoms with E-state index in [1.54, 1.807) is 19.4 Å². The third-order valence-electron chi connectivity index (χ3n) is 6.78. The van der Waals surface area contributed by atoms with Crippen LogP contribution in [0.4, 0.5) is 11.4 Å². The third-order valence-corrected chi connectivity index (χ3v) is 7.08. The number of amides is 1. The number of halogens is 1. The number of ether oxygens (including phenoxy) is 2. The van der Waals surface area contributed by atoms with Crippen LogP contribution in [0.5, 0.6) is 11.6 Å². The lowest BCUT2D eigenvalue weighted by Crippen LogP contribution is -2.31. The molecule has 6 rings (SSSR count). The lowest BCUT2D eigenvalue weighted by atomic mass is 10.0. The summed E-state index contributed by atoms with van der Waals surface area (Å²) in [6.07, 6.45) is 2.66. The maximum Gasteiger partial charge on any atom is 0.255 e. The van der Waals surface area contributed by atoms with E-state index in [2.05, 4.69) is 25.5 Å². The molecule has 1 saturated carbocycles. The molecule has 0 radical (unpaired) electrons. The lowest BCUT2D eigenvalue weighted by Gasteiger charge is -2.17. The summed E-state index contributed by atoms with van der Waals surface area (Å²) < 4.78 is 11.5. The van der Waals surface area contributed by atoms with E-state index in [9.17, 15) is 4.79 Å². The molecule has 3 aromatic heterocycles. The molecule has 3 N–H and O–H groups in total. The summed E-state index contributed by atoms with van der Waals surface area (Å²) in [5.74, 6) is 1.17. The molecule has 0 spiro atoms. The van der Waals surface area contributed by atoms with E-state index in [1.807, 2.05) is 44.4 Å². The number of methoxy groups -OCH3 is 1. The second kappa shape index (κ2) is 9.24. The number of benzene rings is 1. The van der Waals surface area contributed by atoms with Crippen molar-refractivity contribution < 1.29 is 14.3 Å². The molecule has 1 aliphatic carbocycles. The number of pyridine rings is 2. The van der Waals surface area contributed by atoms with Crippen molar-refractivity contribution in [3.8, 4) is 22.9 Å². The van der Waals surface area contributed by atoms with E-state index in [1.165, 1.54) is 0 Å². The van der Waals surface area contributed by atoms with Gasteiger partial charge in [-0.25, -0.2) is 4.98 Å². The molecule has 9 nitrogen and oxygen atoms in total. The summed E-state index contributed by atoms with van der Waals surface area (Å²) in [6, 6.07) is 11.3. The zero-order valence-electron chi connectivity index (χ0n) is 20.8. The van der Waals surface area contributed by atoms with Crippen molar-refractivity contribution in [2.45, 2.75) is 18.4 Å². The molecule has 2 aliphatic rings. The number of H-pyrrole nitrogens is 1. The quantitative estimate of drug-likeness (QED) is 0.314. The van der Waals surface area contributed by atoms with Crippen LogP contribution in [0.2, 0.25) is 5.02 Å². The number of fused-ring (bicyclic) bond motifs is 4. The number of carbonyl (C=O) groups is 1. The Balaban J connectivity index is 1.50. The fourth-order valence-corrected chi connectivity index (χ4v) is 5.10. The van der Waals surface area contributed by atoms with Crippen LogP contribution in [-0.2, 0) is 0 Å². The summed E-state index contributed by atoms with van der Waals surface area (Å²) in [5.41, 5.74) is 5.79. The number of nitrogens with one attached hydrogen (secondary N) is 3. The van der Waals surface area contributed by atoms with Crippen LogP contribution in [0.15, 0.2) is 42.6 Å². The Bertz CT molecular complexity index is 1520. The first-order valence-corrected chi connectivity index (χ1v) is 12.5. The maximum absolute atomic E-state index is 13.2. The molecule has 2 unspecified atom stereocenters. The first-order chi connectivity index (χ1) is 17.9. The van der Waals surface area contributed by atoms with Gasteiger partial charge in [0.25, 0.3) is 5.91 Å². The van der Waals surface area contributed by atoms with Gasteiger partial charge in [-0.3, -0.25) is 9.78 Å². The highest BCUT2D eigenvalue weighted by atomic mass is 35.5. The molecule has 4 aromatic rings. The van der Waals surface area contributed by atoms with Gasteiger partial charge in [-0.15, -0.1) is 0 Å². The summed E-state index contributed by atoms with van der Waals surface area (Å²) in [7, 11) is 5.56. The van der Waals surface area contributed by atoms with Crippen molar-refractivity contribution >= 4 is 39.9 Å². The number of anilines is 2. The van der Waals surface area contributed by atoms with Crippen molar-refractivity contribution in [2.24, 2.45) is 0 Å². The molecular weight excluding hydrogens is 492 g/mol. The van der Waals surface area contributed by atoms with Gasteiger partial charge in [-0.05, 0) is 44.8 Å². The first kappa shape index (κ1) is 23.6. The predicted molar refractivity (Wildman–Crippen MR) is 143 cm³/mol. The van der Waals surface area contributed by atoms with Crippen molar-refractivity contribution in [3.63, 3.8) is 0 Å². The monoisotopic (exact) mass is 518 g/mol. The van der Waals surface area contributed by atoms with Gasteiger partial charge in [-0.1, -0.05) is 17.7 Å². The molecule has 1 amide bonds. The highest BCUT2D eigenvalue weighted by molar-refractivity contribution is 6.32. The Morgan fingerprint density at radius 1 is 1.22 bits per heavy atom. The van der Waals surface area contributed by atoms with Crippen LogP contribution in [0, 0.1) is 0 Å². The van der Waals surface area contributed by atoms with Gasteiger partial charge in [0.2, 0.25) is 5.88 Å². The molecule has 1 aliphatic heterocycles. The van der Waals surface area contributed by atoms with Crippen LogP contribution in [0.25, 0.3) is 22.3 Å². The summed E-state index contributed by atoms with van der Waals surface area (Å²) >= 11 is 6.40. The number of aromatic nitrogens is 3. The number of aromatic amines is 1. The van der Waals surface area contributed by atoms with Gasteiger partial charge in [-0.2, -0.15) is 0 Å². The van der Waals surface area contributed by atoms with Crippen molar-refractivity contribution in [1.82, 2.24) is 25.2 Å². The fourth-order valence-electron chi connectivity index (χ4n) is 4.85. The topological polar surface area (TPSA) is 104 Å². The largest absolute Gasteiger partial charge is 0.493 e. The van der Waals surface area contributed by atoms with Crippen molar-refractivity contribution in [1.29, 1.82) is 0 Å². The minimum Gasteiger partial charge on any atom is -0.493 e. The Morgan fingerprint density at radius 2 is 2.08 bits per heavy atom. The van der Waals surface area contributed by atoms with E-state index in [0.717, 1.165) is 35.4 Å². The van der Waals surface area contributed by atoms with E-state index in [0.29, 0.717) is 45.7 Å². The van der Waals surface area contributed by atoms with Gasteiger partial charge < -0.3 is 30.0 Å². The minimum absolute atomic E-state index is 0.112. The van der Waals surface area contributed by atoms with Gasteiger partial charge in [0.05, 0.1) is 40.3 Å². The zero-order valence-corrected chi connectivity index (χ0v) is 21.5. The average Bonchev–Trinajstić information content (AvgIpc) is 3.55. The SMILES string of the molecule is COc1c(Cl)cccc1Nc1c(-c2ccnc3ccc(OCCN(C)C)nc23)[nH]c2c1C(=O)NC1CC21. The number of likely N-dealkylation sites (N-methyl/N-ethyl adjacent to an activating group) is 1. The second-order valence-electron chi connectivity index (χ2n) is 9.56. The van der Waals surface area contributed by atoms with E-state index in [-0.39, 0.29) is 17.9 Å². The number of rotatable bonds is 8. The Kier molecular flexibility index (Phi) is 5.89. The van der Waals surface area contributed by atoms with Crippen molar-refractivity contribution in [3.05, 3.63) is 58.9 Å². The van der Waals surface area contributed by atoms with Crippen molar-refractivity contribution in [2.75, 3.05) is 39.7 Å².